The molecule has 0 aromatic heterocycles. The molecule has 2 bridgehead atoms. The van der Waals surface area contributed by atoms with E-state index in [1.165, 1.54) is 32.1 Å². The van der Waals surface area contributed by atoms with E-state index in [1.807, 2.05) is 0 Å². The SMILES string of the molecule is CCC1CC2CC(C)CC(OCO)(C1)C2. The molecular formula is C13H24O2. The molecule has 2 nitrogen and oxygen atoms in total. The van der Waals surface area contributed by atoms with E-state index in [0.29, 0.717) is 0 Å². The summed E-state index contributed by atoms with van der Waals surface area (Å²) in [5.41, 5.74) is 0.0238. The lowest BCUT2D eigenvalue weighted by molar-refractivity contribution is -0.174. The zero-order valence-corrected chi connectivity index (χ0v) is 10.0. The normalized spacial score (nSPS) is 45.4. The van der Waals surface area contributed by atoms with Gasteiger partial charge in [0.2, 0.25) is 0 Å². The maximum atomic E-state index is 9.05. The van der Waals surface area contributed by atoms with Gasteiger partial charge in [0.15, 0.2) is 0 Å². The molecule has 2 fully saturated rings. The molecule has 88 valence electrons. The van der Waals surface area contributed by atoms with E-state index in [2.05, 4.69) is 13.8 Å². The Balaban J connectivity index is 2.10. The summed E-state index contributed by atoms with van der Waals surface area (Å²) in [5.74, 6) is 2.44. The first-order valence-electron chi connectivity index (χ1n) is 6.42. The van der Waals surface area contributed by atoms with E-state index >= 15 is 0 Å². The highest BCUT2D eigenvalue weighted by Crippen LogP contribution is 2.49. The van der Waals surface area contributed by atoms with Gasteiger partial charge in [0.05, 0.1) is 5.60 Å². The van der Waals surface area contributed by atoms with Crippen LogP contribution < -0.4 is 0 Å². The lowest BCUT2D eigenvalue weighted by Gasteiger charge is -2.49. The summed E-state index contributed by atoms with van der Waals surface area (Å²) in [6.07, 6.45) is 7.53. The van der Waals surface area contributed by atoms with Gasteiger partial charge in [-0.25, -0.2) is 0 Å². The monoisotopic (exact) mass is 212 g/mol. The molecule has 15 heavy (non-hydrogen) atoms. The lowest BCUT2D eigenvalue weighted by Crippen LogP contribution is -2.47. The fraction of sp³-hybridized carbons (Fsp3) is 1.00. The van der Waals surface area contributed by atoms with Gasteiger partial charge in [-0.3, -0.25) is 0 Å². The Kier molecular flexibility index (Phi) is 3.36. The van der Waals surface area contributed by atoms with Crippen molar-refractivity contribution in [3.8, 4) is 0 Å². The molecule has 4 unspecified atom stereocenters. The Bertz CT molecular complexity index is 213. The minimum Gasteiger partial charge on any atom is -0.371 e. The first-order chi connectivity index (χ1) is 7.17. The smallest absolute Gasteiger partial charge is 0.144 e. The van der Waals surface area contributed by atoms with Crippen LogP contribution in [0, 0.1) is 17.8 Å². The van der Waals surface area contributed by atoms with Gasteiger partial charge >= 0.3 is 0 Å². The van der Waals surface area contributed by atoms with Crippen molar-refractivity contribution < 1.29 is 9.84 Å². The summed E-state index contributed by atoms with van der Waals surface area (Å²) in [5, 5.41) is 9.05. The van der Waals surface area contributed by atoms with Gasteiger partial charge < -0.3 is 9.84 Å². The summed E-state index contributed by atoms with van der Waals surface area (Å²) < 4.78 is 5.70. The van der Waals surface area contributed by atoms with Crippen LogP contribution in [0.1, 0.15) is 52.4 Å². The third-order valence-electron chi connectivity index (χ3n) is 4.39. The molecule has 2 rings (SSSR count). The largest absolute Gasteiger partial charge is 0.371 e. The number of hydrogen-bond acceptors (Lipinski definition) is 2. The zero-order chi connectivity index (χ0) is 10.9. The van der Waals surface area contributed by atoms with Gasteiger partial charge in [-0.2, -0.15) is 0 Å². The van der Waals surface area contributed by atoms with Crippen molar-refractivity contribution in [2.45, 2.75) is 58.0 Å². The maximum Gasteiger partial charge on any atom is 0.144 e. The highest BCUT2D eigenvalue weighted by molar-refractivity contribution is 4.96. The van der Waals surface area contributed by atoms with Crippen LogP contribution >= 0.6 is 0 Å². The first-order valence-corrected chi connectivity index (χ1v) is 6.42. The van der Waals surface area contributed by atoms with Gasteiger partial charge in [-0.15, -0.1) is 0 Å². The molecule has 1 N–H and O–H groups in total. The molecule has 0 heterocycles. The van der Waals surface area contributed by atoms with Crippen molar-refractivity contribution in [2.24, 2.45) is 17.8 Å². The molecule has 2 aliphatic rings. The van der Waals surface area contributed by atoms with Crippen molar-refractivity contribution in [3.63, 3.8) is 0 Å². The van der Waals surface area contributed by atoms with Crippen LogP contribution in [0.25, 0.3) is 0 Å². The topological polar surface area (TPSA) is 29.5 Å². The minimum atomic E-state index is -0.101. The van der Waals surface area contributed by atoms with E-state index in [-0.39, 0.29) is 12.4 Å². The lowest BCUT2D eigenvalue weighted by atomic mass is 9.62. The predicted octanol–water partition coefficient (Wildman–Crippen LogP) is 2.95. The summed E-state index contributed by atoms with van der Waals surface area (Å²) in [6, 6.07) is 0. The van der Waals surface area contributed by atoms with Crippen LogP contribution in [0.15, 0.2) is 0 Å². The van der Waals surface area contributed by atoms with Gasteiger partial charge in [0.25, 0.3) is 0 Å². The molecule has 0 spiro atoms. The van der Waals surface area contributed by atoms with Crippen LogP contribution in [0.3, 0.4) is 0 Å². The first kappa shape index (κ1) is 11.4. The van der Waals surface area contributed by atoms with Crippen LogP contribution in [-0.2, 0) is 4.74 Å². The van der Waals surface area contributed by atoms with E-state index in [1.54, 1.807) is 0 Å². The molecule has 0 aliphatic heterocycles. The van der Waals surface area contributed by atoms with Gasteiger partial charge in [0.1, 0.15) is 6.79 Å². The molecule has 0 saturated heterocycles. The molecule has 2 aliphatic carbocycles. The highest BCUT2D eigenvalue weighted by atomic mass is 16.6. The molecule has 4 atom stereocenters. The minimum absolute atomic E-state index is 0.0238. The molecular weight excluding hydrogens is 188 g/mol. The number of rotatable bonds is 3. The van der Waals surface area contributed by atoms with E-state index in [9.17, 15) is 0 Å². The molecule has 0 aromatic rings. The fourth-order valence-electron chi connectivity index (χ4n) is 4.03. The van der Waals surface area contributed by atoms with Crippen molar-refractivity contribution in [1.29, 1.82) is 0 Å². The number of ether oxygens (including phenoxy) is 1. The van der Waals surface area contributed by atoms with Gasteiger partial charge in [-0.05, 0) is 49.9 Å². The Hall–Kier alpha value is -0.0800. The van der Waals surface area contributed by atoms with Crippen LogP contribution in [0.4, 0.5) is 0 Å². The van der Waals surface area contributed by atoms with Crippen LogP contribution in [0.2, 0.25) is 0 Å². The third-order valence-corrected chi connectivity index (χ3v) is 4.39. The highest BCUT2D eigenvalue weighted by Gasteiger charge is 2.45. The van der Waals surface area contributed by atoms with Crippen molar-refractivity contribution >= 4 is 0 Å². The average molecular weight is 212 g/mol. The number of aliphatic hydroxyl groups excluding tert-OH is 1. The van der Waals surface area contributed by atoms with Gasteiger partial charge in [0, 0.05) is 0 Å². The average Bonchev–Trinajstić information content (AvgIpc) is 2.15. The second-order valence-corrected chi connectivity index (χ2v) is 5.79. The molecule has 2 heteroatoms. The van der Waals surface area contributed by atoms with Crippen molar-refractivity contribution in [3.05, 3.63) is 0 Å². The zero-order valence-electron chi connectivity index (χ0n) is 10.0. The standard InChI is InChI=1S/C13H24O2/c1-3-11-5-12-4-10(2)6-13(7-11,8-12)15-9-14/h10-12,14H,3-9H2,1-2H3. The van der Waals surface area contributed by atoms with Crippen LogP contribution in [-0.4, -0.2) is 17.5 Å². The Labute approximate surface area is 93.0 Å². The van der Waals surface area contributed by atoms with E-state index in [4.69, 9.17) is 9.84 Å². The van der Waals surface area contributed by atoms with Gasteiger partial charge in [-0.1, -0.05) is 20.3 Å². The Morgan fingerprint density at radius 2 is 2.07 bits per heavy atom. The van der Waals surface area contributed by atoms with Crippen LogP contribution in [0.5, 0.6) is 0 Å². The molecule has 0 aromatic carbocycles. The second kappa shape index (κ2) is 4.42. The summed E-state index contributed by atoms with van der Waals surface area (Å²) >= 11 is 0. The Morgan fingerprint density at radius 1 is 1.27 bits per heavy atom. The third kappa shape index (κ3) is 2.36. The molecule has 0 amide bonds. The molecule has 2 saturated carbocycles. The van der Waals surface area contributed by atoms with E-state index in [0.717, 1.165) is 24.2 Å². The second-order valence-electron chi connectivity index (χ2n) is 5.79. The van der Waals surface area contributed by atoms with Crippen molar-refractivity contribution in [1.82, 2.24) is 0 Å². The number of fused-ring (bicyclic) bond motifs is 2. The quantitative estimate of drug-likeness (QED) is 0.729. The molecule has 0 radical (unpaired) electrons. The summed E-state index contributed by atoms with van der Waals surface area (Å²) in [6.45, 7) is 4.51. The summed E-state index contributed by atoms with van der Waals surface area (Å²) in [7, 11) is 0. The summed E-state index contributed by atoms with van der Waals surface area (Å²) in [4.78, 5) is 0. The maximum absolute atomic E-state index is 9.05. The fourth-order valence-corrected chi connectivity index (χ4v) is 4.03. The van der Waals surface area contributed by atoms with E-state index < -0.39 is 0 Å². The Morgan fingerprint density at radius 3 is 2.73 bits per heavy atom. The predicted molar refractivity (Wildman–Crippen MR) is 60.4 cm³/mol. The van der Waals surface area contributed by atoms with Crippen molar-refractivity contribution in [2.75, 3.05) is 6.79 Å². The number of hydrogen-bond donors (Lipinski definition) is 1. The number of aliphatic hydroxyl groups is 1.